The zero-order chi connectivity index (χ0) is 14.4. The maximum absolute atomic E-state index is 13.1. The van der Waals surface area contributed by atoms with E-state index in [1.165, 1.54) is 6.07 Å². The molecule has 1 heterocycles. The number of benzene rings is 1. The minimum absolute atomic E-state index is 0.153. The molecule has 1 saturated heterocycles. The summed E-state index contributed by atoms with van der Waals surface area (Å²) in [6.07, 6.45) is 1.96. The van der Waals surface area contributed by atoms with Crippen LogP contribution in [0.1, 0.15) is 18.9 Å². The van der Waals surface area contributed by atoms with Gasteiger partial charge in [-0.15, -0.1) is 0 Å². The van der Waals surface area contributed by atoms with E-state index in [1.54, 1.807) is 12.1 Å². The second-order valence-electron chi connectivity index (χ2n) is 5.49. The molecule has 0 unspecified atom stereocenters. The van der Waals surface area contributed by atoms with Crippen LogP contribution < -0.4 is 0 Å². The Labute approximate surface area is 120 Å². The molecule has 0 aromatic heterocycles. The van der Waals surface area contributed by atoms with Gasteiger partial charge in [0.05, 0.1) is 12.6 Å². The number of aryl methyl sites for hydroxylation is 1. The van der Waals surface area contributed by atoms with Gasteiger partial charge in [-0.1, -0.05) is 12.1 Å². The quantitative estimate of drug-likeness (QED) is 0.772. The number of nitrogens with zero attached hydrogens (tertiary/aromatic N) is 3. The largest absolute Gasteiger partial charge is 0.298 e. The summed E-state index contributed by atoms with van der Waals surface area (Å²) in [6, 6.07) is 9.58. The van der Waals surface area contributed by atoms with E-state index < -0.39 is 0 Å². The SMILES string of the molecule is C[C@@H](CCc1cccc(F)c1)N1CCN(CC#N)CC1. The maximum Gasteiger partial charge on any atom is 0.123 e. The topological polar surface area (TPSA) is 30.3 Å². The molecule has 1 aromatic rings. The molecule has 4 heteroatoms. The van der Waals surface area contributed by atoms with Crippen LogP contribution in [0.15, 0.2) is 24.3 Å². The first-order valence-corrected chi connectivity index (χ1v) is 7.27. The van der Waals surface area contributed by atoms with Crippen molar-refractivity contribution in [1.82, 2.24) is 9.80 Å². The van der Waals surface area contributed by atoms with Crippen molar-refractivity contribution in [3.63, 3.8) is 0 Å². The highest BCUT2D eigenvalue weighted by Crippen LogP contribution is 2.13. The van der Waals surface area contributed by atoms with Crippen molar-refractivity contribution >= 4 is 0 Å². The van der Waals surface area contributed by atoms with Crippen LogP contribution in [0.4, 0.5) is 4.39 Å². The van der Waals surface area contributed by atoms with Gasteiger partial charge in [-0.3, -0.25) is 9.80 Å². The molecule has 1 atom stereocenters. The Morgan fingerprint density at radius 2 is 2.05 bits per heavy atom. The molecule has 0 radical (unpaired) electrons. The molecule has 108 valence electrons. The summed E-state index contributed by atoms with van der Waals surface area (Å²) < 4.78 is 13.1. The van der Waals surface area contributed by atoms with Crippen LogP contribution in [-0.4, -0.2) is 48.6 Å². The molecule has 1 aliphatic rings. The summed E-state index contributed by atoms with van der Waals surface area (Å²) in [4.78, 5) is 4.66. The summed E-state index contributed by atoms with van der Waals surface area (Å²) in [5.74, 6) is -0.153. The molecule has 1 aliphatic heterocycles. The van der Waals surface area contributed by atoms with E-state index in [2.05, 4.69) is 22.8 Å². The molecule has 0 aliphatic carbocycles. The molecule has 3 nitrogen and oxygen atoms in total. The Hall–Kier alpha value is -1.44. The number of hydrogen-bond acceptors (Lipinski definition) is 3. The van der Waals surface area contributed by atoms with Gasteiger partial charge in [-0.05, 0) is 37.5 Å². The molecule has 0 amide bonds. The Balaban J connectivity index is 1.76. The normalized spacial score (nSPS) is 18.6. The lowest BCUT2D eigenvalue weighted by molar-refractivity contribution is 0.107. The van der Waals surface area contributed by atoms with Gasteiger partial charge in [0.2, 0.25) is 0 Å². The number of nitriles is 1. The Kier molecular flexibility index (Phi) is 5.51. The Morgan fingerprint density at radius 3 is 2.70 bits per heavy atom. The zero-order valence-corrected chi connectivity index (χ0v) is 12.1. The highest BCUT2D eigenvalue weighted by atomic mass is 19.1. The van der Waals surface area contributed by atoms with Gasteiger partial charge in [0.25, 0.3) is 0 Å². The van der Waals surface area contributed by atoms with Crippen molar-refractivity contribution in [2.75, 3.05) is 32.7 Å². The van der Waals surface area contributed by atoms with Crippen LogP contribution in [0.25, 0.3) is 0 Å². The first-order chi connectivity index (χ1) is 9.69. The molecule has 0 N–H and O–H groups in total. The molecule has 0 saturated carbocycles. The summed E-state index contributed by atoms with van der Waals surface area (Å²) in [5, 5.41) is 8.69. The van der Waals surface area contributed by atoms with Gasteiger partial charge in [-0.2, -0.15) is 5.26 Å². The first-order valence-electron chi connectivity index (χ1n) is 7.27. The van der Waals surface area contributed by atoms with Crippen LogP contribution in [0.2, 0.25) is 0 Å². The molecule has 1 aromatic carbocycles. The van der Waals surface area contributed by atoms with Crippen molar-refractivity contribution in [1.29, 1.82) is 5.26 Å². The third kappa shape index (κ3) is 4.29. The Bertz CT molecular complexity index is 461. The average Bonchev–Trinajstić information content (AvgIpc) is 2.46. The predicted molar refractivity (Wildman–Crippen MR) is 77.8 cm³/mol. The lowest BCUT2D eigenvalue weighted by Crippen LogP contribution is -2.49. The average molecular weight is 275 g/mol. The van der Waals surface area contributed by atoms with Crippen molar-refractivity contribution in [2.45, 2.75) is 25.8 Å². The lowest BCUT2D eigenvalue weighted by atomic mass is 10.0. The minimum atomic E-state index is -0.153. The van der Waals surface area contributed by atoms with E-state index in [4.69, 9.17) is 5.26 Å². The minimum Gasteiger partial charge on any atom is -0.298 e. The summed E-state index contributed by atoms with van der Waals surface area (Å²) in [7, 11) is 0. The number of hydrogen-bond donors (Lipinski definition) is 0. The van der Waals surface area contributed by atoms with E-state index in [0.717, 1.165) is 44.6 Å². The fourth-order valence-electron chi connectivity index (χ4n) is 2.71. The van der Waals surface area contributed by atoms with Crippen LogP contribution in [0.5, 0.6) is 0 Å². The first kappa shape index (κ1) is 15.0. The van der Waals surface area contributed by atoms with Gasteiger partial charge in [0.1, 0.15) is 5.82 Å². The van der Waals surface area contributed by atoms with Gasteiger partial charge in [0.15, 0.2) is 0 Å². The highest BCUT2D eigenvalue weighted by Gasteiger charge is 2.20. The van der Waals surface area contributed by atoms with Crippen molar-refractivity contribution in [2.24, 2.45) is 0 Å². The fraction of sp³-hybridized carbons (Fsp3) is 0.562. The zero-order valence-electron chi connectivity index (χ0n) is 12.1. The predicted octanol–water partition coefficient (Wildman–Crippen LogP) is 2.29. The van der Waals surface area contributed by atoms with E-state index in [1.807, 2.05) is 6.07 Å². The van der Waals surface area contributed by atoms with Gasteiger partial charge in [0, 0.05) is 32.2 Å². The monoisotopic (exact) mass is 275 g/mol. The third-order valence-electron chi connectivity index (χ3n) is 4.06. The molecule has 1 fully saturated rings. The van der Waals surface area contributed by atoms with Gasteiger partial charge < -0.3 is 0 Å². The number of halogens is 1. The fourth-order valence-corrected chi connectivity index (χ4v) is 2.71. The number of piperazine rings is 1. The van der Waals surface area contributed by atoms with Crippen molar-refractivity contribution in [3.05, 3.63) is 35.6 Å². The van der Waals surface area contributed by atoms with Crippen LogP contribution in [-0.2, 0) is 6.42 Å². The second kappa shape index (κ2) is 7.37. The van der Waals surface area contributed by atoms with Crippen LogP contribution in [0, 0.1) is 17.1 Å². The highest BCUT2D eigenvalue weighted by molar-refractivity contribution is 5.16. The summed E-state index contributed by atoms with van der Waals surface area (Å²) >= 11 is 0. The van der Waals surface area contributed by atoms with Gasteiger partial charge >= 0.3 is 0 Å². The van der Waals surface area contributed by atoms with Crippen LogP contribution >= 0.6 is 0 Å². The summed E-state index contributed by atoms with van der Waals surface area (Å²) in [6.45, 7) is 6.75. The third-order valence-corrected chi connectivity index (χ3v) is 4.06. The smallest absolute Gasteiger partial charge is 0.123 e. The maximum atomic E-state index is 13.1. The number of rotatable bonds is 5. The molecular weight excluding hydrogens is 253 g/mol. The van der Waals surface area contributed by atoms with E-state index >= 15 is 0 Å². The van der Waals surface area contributed by atoms with Gasteiger partial charge in [-0.25, -0.2) is 4.39 Å². The molecule has 20 heavy (non-hydrogen) atoms. The molecular formula is C16H22FN3. The second-order valence-corrected chi connectivity index (χ2v) is 5.49. The van der Waals surface area contributed by atoms with Crippen LogP contribution in [0.3, 0.4) is 0 Å². The standard InChI is InChI=1S/C16H22FN3/c1-14(5-6-15-3-2-4-16(17)13-15)20-11-9-19(8-7-18)10-12-20/h2-4,13-14H,5-6,8-12H2,1H3/t14-/m0/s1. The van der Waals surface area contributed by atoms with Crippen molar-refractivity contribution < 1.29 is 4.39 Å². The molecule has 0 spiro atoms. The van der Waals surface area contributed by atoms with E-state index in [9.17, 15) is 4.39 Å². The Morgan fingerprint density at radius 1 is 1.30 bits per heavy atom. The van der Waals surface area contributed by atoms with Crippen molar-refractivity contribution in [3.8, 4) is 6.07 Å². The van der Waals surface area contributed by atoms with E-state index in [-0.39, 0.29) is 5.82 Å². The molecule has 2 rings (SSSR count). The summed E-state index contributed by atoms with van der Waals surface area (Å²) in [5.41, 5.74) is 1.07. The molecule has 0 bridgehead atoms. The lowest BCUT2D eigenvalue weighted by Gasteiger charge is -2.37. The van der Waals surface area contributed by atoms with E-state index in [0.29, 0.717) is 12.6 Å².